The van der Waals surface area contributed by atoms with Crippen LogP contribution in [0.2, 0.25) is 0 Å². The average Bonchev–Trinajstić information content (AvgIpc) is 2.73. The minimum absolute atomic E-state index is 0.0791. The fourth-order valence-corrected chi connectivity index (χ4v) is 2.13. The van der Waals surface area contributed by atoms with Gasteiger partial charge in [-0.3, -0.25) is 0 Å². The first-order valence-corrected chi connectivity index (χ1v) is 5.23. The van der Waals surface area contributed by atoms with E-state index in [1.165, 1.54) is 0 Å². The van der Waals surface area contributed by atoms with Crippen LogP contribution in [0, 0.1) is 5.92 Å². The third kappa shape index (κ3) is 2.02. The molecule has 1 N–H and O–H groups in total. The van der Waals surface area contributed by atoms with E-state index in [4.69, 9.17) is 5.11 Å². The lowest BCUT2D eigenvalue weighted by atomic mass is 10.1. The second-order valence-corrected chi connectivity index (χ2v) is 3.98. The average molecular weight is 205 g/mol. The number of carbonyl (C=O) groups excluding carboxylic acids is 1. The van der Waals surface area contributed by atoms with Gasteiger partial charge in [0.15, 0.2) is 0 Å². The predicted molar refractivity (Wildman–Crippen MR) is 58.8 cm³/mol. The Bertz CT molecular complexity index is 326. The van der Waals surface area contributed by atoms with Crippen LogP contribution >= 0.6 is 0 Å². The summed E-state index contributed by atoms with van der Waals surface area (Å²) in [5.41, 5.74) is 1.06. The Morgan fingerprint density at radius 2 is 2.13 bits per heavy atom. The van der Waals surface area contributed by atoms with Crippen LogP contribution in [0.1, 0.15) is 6.42 Å². The number of para-hydroxylation sites is 1. The monoisotopic (exact) mass is 205 g/mol. The number of carbonyl (C=O) groups is 1. The van der Waals surface area contributed by atoms with Gasteiger partial charge in [-0.15, -0.1) is 0 Å². The quantitative estimate of drug-likeness (QED) is 0.750. The third-order valence-electron chi connectivity index (χ3n) is 2.93. The van der Waals surface area contributed by atoms with E-state index in [9.17, 15) is 4.79 Å². The summed E-state index contributed by atoms with van der Waals surface area (Å²) in [4.78, 5) is 13.0. The molecule has 0 aliphatic carbocycles. The van der Waals surface area contributed by atoms with Crippen molar-refractivity contribution in [2.75, 3.05) is 18.1 Å². The van der Waals surface area contributed by atoms with Crippen molar-refractivity contribution in [3.8, 4) is 0 Å². The maximum absolute atomic E-state index is 10.9. The SMILES string of the molecule is O=CC1CC(CO)CN1c1ccccc1. The minimum Gasteiger partial charge on any atom is -0.396 e. The molecular formula is C12H15NO2. The lowest BCUT2D eigenvalue weighted by molar-refractivity contribution is -0.108. The summed E-state index contributed by atoms with van der Waals surface area (Å²) in [6.07, 6.45) is 1.73. The number of aliphatic hydroxyl groups is 1. The van der Waals surface area contributed by atoms with Crippen molar-refractivity contribution in [3.05, 3.63) is 30.3 Å². The molecule has 1 aliphatic rings. The van der Waals surface area contributed by atoms with Gasteiger partial charge < -0.3 is 14.8 Å². The van der Waals surface area contributed by atoms with Crippen molar-refractivity contribution in [3.63, 3.8) is 0 Å². The molecule has 15 heavy (non-hydrogen) atoms. The van der Waals surface area contributed by atoms with Crippen molar-refractivity contribution >= 4 is 12.0 Å². The zero-order valence-corrected chi connectivity index (χ0v) is 8.54. The number of anilines is 1. The molecule has 3 heteroatoms. The second-order valence-electron chi connectivity index (χ2n) is 3.98. The zero-order chi connectivity index (χ0) is 10.7. The molecular weight excluding hydrogens is 190 g/mol. The van der Waals surface area contributed by atoms with Gasteiger partial charge in [-0.1, -0.05) is 18.2 Å². The summed E-state index contributed by atoms with van der Waals surface area (Å²) < 4.78 is 0. The summed E-state index contributed by atoms with van der Waals surface area (Å²) >= 11 is 0. The fraction of sp³-hybridized carbons (Fsp3) is 0.417. The molecule has 2 atom stereocenters. The molecule has 80 valence electrons. The first-order chi connectivity index (χ1) is 7.35. The van der Waals surface area contributed by atoms with Crippen LogP contribution in [0.3, 0.4) is 0 Å². The molecule has 2 unspecified atom stereocenters. The largest absolute Gasteiger partial charge is 0.396 e. The van der Waals surface area contributed by atoms with Crippen molar-refractivity contribution in [2.24, 2.45) is 5.92 Å². The summed E-state index contributed by atoms with van der Waals surface area (Å²) in [7, 11) is 0. The molecule has 1 heterocycles. The van der Waals surface area contributed by atoms with Crippen LogP contribution in [0.4, 0.5) is 5.69 Å². The van der Waals surface area contributed by atoms with Gasteiger partial charge in [0.05, 0.1) is 6.04 Å². The zero-order valence-electron chi connectivity index (χ0n) is 8.54. The van der Waals surface area contributed by atoms with E-state index in [0.29, 0.717) is 0 Å². The molecule has 2 rings (SSSR count). The lowest BCUT2D eigenvalue weighted by Crippen LogP contribution is -2.30. The predicted octanol–water partition coefficient (Wildman–Crippen LogP) is 1.07. The van der Waals surface area contributed by atoms with Crippen molar-refractivity contribution in [2.45, 2.75) is 12.5 Å². The molecule has 1 aromatic carbocycles. The normalized spacial score (nSPS) is 25.5. The third-order valence-corrected chi connectivity index (χ3v) is 2.93. The Morgan fingerprint density at radius 3 is 2.73 bits per heavy atom. The molecule has 0 radical (unpaired) electrons. The van der Waals surface area contributed by atoms with E-state index >= 15 is 0 Å². The molecule has 0 aromatic heterocycles. The number of benzene rings is 1. The number of hydrogen-bond acceptors (Lipinski definition) is 3. The number of hydrogen-bond donors (Lipinski definition) is 1. The van der Waals surface area contributed by atoms with Gasteiger partial charge >= 0.3 is 0 Å². The van der Waals surface area contributed by atoms with Crippen LogP contribution in [0.15, 0.2) is 30.3 Å². The summed E-state index contributed by atoms with van der Waals surface area (Å²) in [5.74, 6) is 0.223. The van der Waals surface area contributed by atoms with E-state index in [1.54, 1.807) is 0 Å². The van der Waals surface area contributed by atoms with Gasteiger partial charge in [-0.25, -0.2) is 0 Å². The fourth-order valence-electron chi connectivity index (χ4n) is 2.13. The van der Waals surface area contributed by atoms with Gasteiger partial charge in [-0.05, 0) is 18.6 Å². The summed E-state index contributed by atoms with van der Waals surface area (Å²) in [6, 6.07) is 9.79. The van der Waals surface area contributed by atoms with E-state index in [2.05, 4.69) is 4.90 Å². The Hall–Kier alpha value is -1.35. The Kier molecular flexibility index (Phi) is 3.02. The molecule has 0 amide bonds. The van der Waals surface area contributed by atoms with E-state index < -0.39 is 0 Å². The highest BCUT2D eigenvalue weighted by Crippen LogP contribution is 2.27. The molecule has 0 saturated carbocycles. The first kappa shape index (κ1) is 10.2. The van der Waals surface area contributed by atoms with Gasteiger partial charge in [0, 0.05) is 24.8 Å². The molecule has 1 aromatic rings. The van der Waals surface area contributed by atoms with Crippen LogP contribution in [-0.4, -0.2) is 30.6 Å². The molecule has 0 bridgehead atoms. The Labute approximate surface area is 89.3 Å². The smallest absolute Gasteiger partial charge is 0.142 e. The first-order valence-electron chi connectivity index (χ1n) is 5.23. The highest BCUT2D eigenvalue weighted by molar-refractivity contribution is 5.67. The molecule has 1 aliphatic heterocycles. The number of rotatable bonds is 3. The van der Waals surface area contributed by atoms with Gasteiger partial charge in [-0.2, -0.15) is 0 Å². The number of nitrogens with zero attached hydrogens (tertiary/aromatic N) is 1. The van der Waals surface area contributed by atoms with Crippen molar-refractivity contribution < 1.29 is 9.90 Å². The van der Waals surface area contributed by atoms with Crippen LogP contribution in [0.25, 0.3) is 0 Å². The van der Waals surface area contributed by atoms with E-state index in [1.807, 2.05) is 30.3 Å². The lowest BCUT2D eigenvalue weighted by Gasteiger charge is -2.22. The van der Waals surface area contributed by atoms with Gasteiger partial charge in [0.2, 0.25) is 0 Å². The summed E-state index contributed by atoms with van der Waals surface area (Å²) in [6.45, 7) is 0.928. The highest BCUT2D eigenvalue weighted by atomic mass is 16.3. The Balaban J connectivity index is 2.18. The van der Waals surface area contributed by atoms with Crippen molar-refractivity contribution in [1.82, 2.24) is 0 Å². The van der Waals surface area contributed by atoms with Crippen LogP contribution < -0.4 is 4.90 Å². The summed E-state index contributed by atoms with van der Waals surface area (Å²) in [5, 5.41) is 9.10. The molecule has 1 saturated heterocycles. The van der Waals surface area contributed by atoms with E-state index in [0.717, 1.165) is 24.9 Å². The van der Waals surface area contributed by atoms with E-state index in [-0.39, 0.29) is 18.6 Å². The Morgan fingerprint density at radius 1 is 1.40 bits per heavy atom. The number of aldehydes is 1. The molecule has 0 spiro atoms. The maximum Gasteiger partial charge on any atom is 0.142 e. The molecule has 1 fully saturated rings. The van der Waals surface area contributed by atoms with Gasteiger partial charge in [0.1, 0.15) is 6.29 Å². The highest BCUT2D eigenvalue weighted by Gasteiger charge is 2.31. The standard InChI is InChI=1S/C12H15NO2/c14-8-10-6-12(9-15)13(7-10)11-4-2-1-3-5-11/h1-5,9-10,12,14H,6-8H2. The number of aliphatic hydroxyl groups excluding tert-OH is 1. The van der Waals surface area contributed by atoms with Gasteiger partial charge in [0.25, 0.3) is 0 Å². The van der Waals surface area contributed by atoms with Crippen LogP contribution in [0.5, 0.6) is 0 Å². The topological polar surface area (TPSA) is 40.5 Å². The maximum atomic E-state index is 10.9. The molecule has 3 nitrogen and oxygen atoms in total. The second kappa shape index (κ2) is 4.45. The minimum atomic E-state index is -0.0791. The van der Waals surface area contributed by atoms with Crippen molar-refractivity contribution in [1.29, 1.82) is 0 Å². The van der Waals surface area contributed by atoms with Crippen LogP contribution in [-0.2, 0) is 4.79 Å².